The van der Waals surface area contributed by atoms with Gasteiger partial charge in [0, 0.05) is 11.3 Å². The molecule has 0 aliphatic heterocycles. The number of hydrazine groups is 1. The molecular weight excluding hydrogens is 258 g/mol. The first-order chi connectivity index (χ1) is 9.60. The SMILES string of the molecule is CC(C)c1cc(C(=O)Nc2nccnn2)cc(NN)n1. The van der Waals surface area contributed by atoms with Gasteiger partial charge in [-0.2, -0.15) is 5.10 Å². The second kappa shape index (κ2) is 6.02. The first-order valence-electron chi connectivity index (χ1n) is 6.04. The molecule has 0 atom stereocenters. The van der Waals surface area contributed by atoms with Crippen molar-refractivity contribution >= 4 is 17.7 Å². The van der Waals surface area contributed by atoms with Gasteiger partial charge in [0.2, 0.25) is 5.95 Å². The molecule has 0 bridgehead atoms. The lowest BCUT2D eigenvalue weighted by molar-refractivity contribution is 0.102. The Hall–Kier alpha value is -2.61. The Morgan fingerprint density at radius 2 is 2.10 bits per heavy atom. The van der Waals surface area contributed by atoms with E-state index in [2.05, 4.69) is 30.9 Å². The van der Waals surface area contributed by atoms with Gasteiger partial charge in [0.25, 0.3) is 5.91 Å². The number of pyridine rings is 1. The maximum Gasteiger partial charge on any atom is 0.258 e. The molecule has 2 aromatic heterocycles. The fraction of sp³-hybridized carbons (Fsp3) is 0.250. The van der Waals surface area contributed by atoms with Crippen LogP contribution in [0.4, 0.5) is 11.8 Å². The number of carbonyl (C=O) groups excluding carboxylic acids is 1. The normalized spacial score (nSPS) is 10.4. The van der Waals surface area contributed by atoms with Crippen LogP contribution in [0.1, 0.15) is 35.8 Å². The Balaban J connectivity index is 2.27. The average Bonchev–Trinajstić information content (AvgIpc) is 2.47. The summed E-state index contributed by atoms with van der Waals surface area (Å²) in [7, 11) is 0. The molecule has 0 radical (unpaired) electrons. The van der Waals surface area contributed by atoms with Crippen LogP contribution in [0.5, 0.6) is 0 Å². The summed E-state index contributed by atoms with van der Waals surface area (Å²) in [4.78, 5) is 20.3. The van der Waals surface area contributed by atoms with Crippen LogP contribution in [0.25, 0.3) is 0 Å². The number of nitrogens with two attached hydrogens (primary N) is 1. The minimum absolute atomic E-state index is 0.141. The molecule has 20 heavy (non-hydrogen) atoms. The third kappa shape index (κ3) is 3.23. The molecule has 0 aliphatic carbocycles. The van der Waals surface area contributed by atoms with Crippen molar-refractivity contribution in [2.75, 3.05) is 10.7 Å². The van der Waals surface area contributed by atoms with Gasteiger partial charge in [-0.1, -0.05) is 13.8 Å². The van der Waals surface area contributed by atoms with Gasteiger partial charge in [-0.05, 0) is 18.1 Å². The van der Waals surface area contributed by atoms with Crippen molar-refractivity contribution in [3.63, 3.8) is 0 Å². The van der Waals surface area contributed by atoms with Crippen molar-refractivity contribution in [2.45, 2.75) is 19.8 Å². The number of aromatic nitrogens is 4. The molecule has 0 aromatic carbocycles. The van der Waals surface area contributed by atoms with Crippen LogP contribution in [0.2, 0.25) is 0 Å². The van der Waals surface area contributed by atoms with E-state index in [1.54, 1.807) is 12.1 Å². The molecule has 1 amide bonds. The number of nitrogen functional groups attached to an aromatic ring is 1. The molecule has 104 valence electrons. The quantitative estimate of drug-likeness (QED) is 0.560. The summed E-state index contributed by atoms with van der Waals surface area (Å²) < 4.78 is 0. The van der Waals surface area contributed by atoms with E-state index in [9.17, 15) is 4.79 Å². The largest absolute Gasteiger partial charge is 0.308 e. The summed E-state index contributed by atoms with van der Waals surface area (Å²) in [5.41, 5.74) is 3.63. The molecule has 0 unspecified atom stereocenters. The van der Waals surface area contributed by atoms with Gasteiger partial charge in [-0.25, -0.2) is 15.8 Å². The molecule has 2 aromatic rings. The van der Waals surface area contributed by atoms with E-state index in [1.807, 2.05) is 13.8 Å². The molecule has 4 N–H and O–H groups in total. The number of hydrogen-bond donors (Lipinski definition) is 3. The van der Waals surface area contributed by atoms with E-state index in [4.69, 9.17) is 5.84 Å². The summed E-state index contributed by atoms with van der Waals surface area (Å²) >= 11 is 0. The second-order valence-electron chi connectivity index (χ2n) is 4.39. The molecule has 8 nitrogen and oxygen atoms in total. The zero-order valence-electron chi connectivity index (χ0n) is 11.2. The van der Waals surface area contributed by atoms with Crippen LogP contribution in [0.3, 0.4) is 0 Å². The van der Waals surface area contributed by atoms with Gasteiger partial charge in [0.15, 0.2) is 0 Å². The molecular formula is C12H15N7O. The fourth-order valence-corrected chi connectivity index (χ4v) is 1.53. The molecule has 0 aliphatic rings. The van der Waals surface area contributed by atoms with Gasteiger partial charge < -0.3 is 5.43 Å². The monoisotopic (exact) mass is 273 g/mol. The van der Waals surface area contributed by atoms with E-state index in [0.29, 0.717) is 11.4 Å². The summed E-state index contributed by atoms with van der Waals surface area (Å²) in [5, 5.41) is 9.89. The van der Waals surface area contributed by atoms with E-state index in [-0.39, 0.29) is 17.8 Å². The van der Waals surface area contributed by atoms with Crippen molar-refractivity contribution in [3.8, 4) is 0 Å². The number of hydrogen-bond acceptors (Lipinski definition) is 7. The number of nitrogens with zero attached hydrogens (tertiary/aromatic N) is 4. The number of carbonyl (C=O) groups is 1. The third-order valence-corrected chi connectivity index (χ3v) is 2.55. The Bertz CT molecular complexity index is 600. The van der Waals surface area contributed by atoms with Crippen molar-refractivity contribution in [1.29, 1.82) is 0 Å². The van der Waals surface area contributed by atoms with E-state index in [0.717, 1.165) is 5.69 Å². The standard InChI is InChI=1S/C12H15N7O/c1-7(2)9-5-8(6-10(16-9)18-13)11(20)17-12-14-3-4-15-19-12/h3-7H,13H2,1-2H3,(H,16,18)(H,14,17,19,20). The molecule has 0 saturated carbocycles. The van der Waals surface area contributed by atoms with Crippen LogP contribution in [-0.2, 0) is 0 Å². The zero-order chi connectivity index (χ0) is 14.5. The highest BCUT2D eigenvalue weighted by molar-refractivity contribution is 6.03. The Kier molecular flexibility index (Phi) is 4.16. The van der Waals surface area contributed by atoms with Crippen LogP contribution in [0, 0.1) is 0 Å². The van der Waals surface area contributed by atoms with Crippen LogP contribution in [-0.4, -0.2) is 26.1 Å². The summed E-state index contributed by atoms with van der Waals surface area (Å²) in [6.07, 6.45) is 2.87. The highest BCUT2D eigenvalue weighted by Gasteiger charge is 2.12. The van der Waals surface area contributed by atoms with E-state index < -0.39 is 0 Å². The van der Waals surface area contributed by atoms with Crippen LogP contribution >= 0.6 is 0 Å². The van der Waals surface area contributed by atoms with Crippen molar-refractivity contribution in [2.24, 2.45) is 5.84 Å². The van der Waals surface area contributed by atoms with Crippen molar-refractivity contribution < 1.29 is 4.79 Å². The summed E-state index contributed by atoms with van der Waals surface area (Å²) in [6.45, 7) is 3.96. The highest BCUT2D eigenvalue weighted by atomic mass is 16.1. The lowest BCUT2D eigenvalue weighted by Crippen LogP contribution is -2.17. The lowest BCUT2D eigenvalue weighted by Gasteiger charge is -2.10. The highest BCUT2D eigenvalue weighted by Crippen LogP contribution is 2.17. The summed E-state index contributed by atoms with van der Waals surface area (Å²) in [5.74, 6) is 5.75. The molecule has 0 fully saturated rings. The molecule has 2 heterocycles. The third-order valence-electron chi connectivity index (χ3n) is 2.55. The number of anilines is 2. The maximum atomic E-state index is 12.1. The van der Waals surface area contributed by atoms with Crippen LogP contribution < -0.4 is 16.6 Å². The Labute approximate surface area is 115 Å². The molecule has 2 rings (SSSR count). The number of rotatable bonds is 4. The van der Waals surface area contributed by atoms with Gasteiger partial charge in [0.05, 0.1) is 12.4 Å². The Morgan fingerprint density at radius 3 is 2.70 bits per heavy atom. The first-order valence-corrected chi connectivity index (χ1v) is 6.04. The van der Waals surface area contributed by atoms with Crippen molar-refractivity contribution in [3.05, 3.63) is 35.8 Å². The van der Waals surface area contributed by atoms with Gasteiger partial charge in [0.1, 0.15) is 5.82 Å². The smallest absolute Gasteiger partial charge is 0.258 e. The topological polar surface area (TPSA) is 119 Å². The maximum absolute atomic E-state index is 12.1. The predicted molar refractivity (Wildman–Crippen MR) is 73.9 cm³/mol. The number of amides is 1. The fourth-order valence-electron chi connectivity index (χ4n) is 1.53. The van der Waals surface area contributed by atoms with Gasteiger partial charge in [-0.15, -0.1) is 5.10 Å². The zero-order valence-corrected chi connectivity index (χ0v) is 11.2. The minimum atomic E-state index is -0.348. The predicted octanol–water partition coefficient (Wildman–Crippen LogP) is 0.928. The molecule has 0 spiro atoms. The van der Waals surface area contributed by atoms with Crippen LogP contribution in [0.15, 0.2) is 24.5 Å². The van der Waals surface area contributed by atoms with E-state index in [1.165, 1.54) is 12.4 Å². The minimum Gasteiger partial charge on any atom is -0.308 e. The Morgan fingerprint density at radius 1 is 1.30 bits per heavy atom. The van der Waals surface area contributed by atoms with Gasteiger partial charge in [-0.3, -0.25) is 10.1 Å². The lowest BCUT2D eigenvalue weighted by atomic mass is 10.1. The van der Waals surface area contributed by atoms with Crippen molar-refractivity contribution in [1.82, 2.24) is 20.2 Å². The number of nitrogens with one attached hydrogen (secondary N) is 2. The molecule has 0 saturated heterocycles. The second-order valence-corrected chi connectivity index (χ2v) is 4.39. The summed E-state index contributed by atoms with van der Waals surface area (Å²) in [6, 6.07) is 3.26. The van der Waals surface area contributed by atoms with E-state index >= 15 is 0 Å². The van der Waals surface area contributed by atoms with Gasteiger partial charge >= 0.3 is 0 Å². The molecule has 8 heteroatoms. The average molecular weight is 273 g/mol. The first kappa shape index (κ1) is 13.8.